The van der Waals surface area contributed by atoms with Gasteiger partial charge in [-0.3, -0.25) is 0 Å². The molecule has 5 nitrogen and oxygen atoms in total. The van der Waals surface area contributed by atoms with Gasteiger partial charge in [-0.1, -0.05) is 41.6 Å². The molecule has 0 aliphatic heterocycles. The van der Waals surface area contributed by atoms with Crippen molar-refractivity contribution in [1.29, 1.82) is 0 Å². The Kier molecular flexibility index (Phi) is 5.28. The van der Waals surface area contributed by atoms with Crippen molar-refractivity contribution in [1.82, 2.24) is 5.16 Å². The van der Waals surface area contributed by atoms with Crippen LogP contribution in [0.3, 0.4) is 0 Å². The van der Waals surface area contributed by atoms with Crippen LogP contribution in [0.15, 0.2) is 76.1 Å². The Morgan fingerprint density at radius 1 is 0.806 bits per heavy atom. The van der Waals surface area contributed by atoms with E-state index in [0.717, 1.165) is 11.6 Å². The van der Waals surface area contributed by atoms with Crippen molar-refractivity contribution in [3.63, 3.8) is 0 Å². The molecule has 4 aromatic rings. The highest BCUT2D eigenvalue weighted by atomic mass is 32.2. The van der Waals surface area contributed by atoms with Crippen molar-refractivity contribution >= 4 is 15.9 Å². The fourth-order valence-corrected chi connectivity index (χ4v) is 3.99. The van der Waals surface area contributed by atoms with Crippen molar-refractivity contribution in [2.24, 2.45) is 0 Å². The molecule has 9 heteroatoms. The van der Waals surface area contributed by atoms with Crippen molar-refractivity contribution in [2.75, 3.05) is 4.72 Å². The minimum atomic E-state index is -3.85. The van der Waals surface area contributed by atoms with Crippen molar-refractivity contribution in [3.05, 3.63) is 89.9 Å². The predicted molar refractivity (Wildman–Crippen MR) is 109 cm³/mol. The van der Waals surface area contributed by atoms with Gasteiger partial charge in [-0.05, 0) is 47.9 Å². The van der Waals surface area contributed by atoms with Gasteiger partial charge in [-0.25, -0.2) is 26.3 Å². The highest BCUT2D eigenvalue weighted by Crippen LogP contribution is 2.29. The zero-order valence-electron chi connectivity index (χ0n) is 16.1. The number of sulfonamides is 1. The molecule has 0 aliphatic rings. The molecule has 1 aromatic heterocycles. The van der Waals surface area contributed by atoms with E-state index in [2.05, 4.69) is 9.88 Å². The van der Waals surface area contributed by atoms with E-state index in [1.54, 1.807) is 43.3 Å². The number of halogens is 3. The Bertz CT molecular complexity index is 1350. The molecular weight excluding hydrogens is 429 g/mol. The van der Waals surface area contributed by atoms with Gasteiger partial charge in [-0.15, -0.1) is 0 Å². The van der Waals surface area contributed by atoms with E-state index >= 15 is 0 Å². The summed E-state index contributed by atoms with van der Waals surface area (Å²) in [5, 5.41) is 3.63. The molecule has 1 N–H and O–H groups in total. The highest BCUT2D eigenvalue weighted by Gasteiger charge is 2.17. The second kappa shape index (κ2) is 7.92. The smallest absolute Gasteiger partial charge is 0.264 e. The molecule has 0 spiro atoms. The summed E-state index contributed by atoms with van der Waals surface area (Å²) < 4.78 is 72.7. The molecule has 0 fully saturated rings. The summed E-state index contributed by atoms with van der Waals surface area (Å²) in [5.74, 6) is -4.01. The van der Waals surface area contributed by atoms with Crippen molar-refractivity contribution in [2.45, 2.75) is 11.8 Å². The average Bonchev–Trinajstić information content (AvgIpc) is 3.16. The van der Waals surface area contributed by atoms with Gasteiger partial charge in [0.25, 0.3) is 10.0 Å². The number of hydrogen-bond donors (Lipinski definition) is 1. The molecule has 0 unspecified atom stereocenters. The SMILES string of the molecule is Cc1cc(NS(=O)(=O)c2ccc(-c3ccc(-c4ccc(F)c(F)c4F)cc3)cc2)on1. The molecular formula is C22H15F3N2O3S. The molecule has 0 bridgehead atoms. The number of anilines is 1. The van der Waals surface area contributed by atoms with E-state index in [9.17, 15) is 21.6 Å². The lowest BCUT2D eigenvalue weighted by atomic mass is 10.00. The molecule has 3 aromatic carbocycles. The Hall–Kier alpha value is -3.59. The largest absolute Gasteiger partial charge is 0.338 e. The minimum Gasteiger partial charge on any atom is -0.338 e. The third-order valence-electron chi connectivity index (χ3n) is 4.59. The van der Waals surface area contributed by atoms with E-state index in [1.807, 2.05) is 0 Å². The normalized spacial score (nSPS) is 11.5. The molecule has 0 aliphatic carbocycles. The number of hydrogen-bond acceptors (Lipinski definition) is 4. The maximum atomic E-state index is 14.0. The van der Waals surface area contributed by atoms with Gasteiger partial charge in [0.15, 0.2) is 17.5 Å². The molecule has 0 saturated carbocycles. The van der Waals surface area contributed by atoms with Crippen LogP contribution >= 0.6 is 0 Å². The molecule has 0 amide bonds. The van der Waals surface area contributed by atoms with E-state index in [1.165, 1.54) is 24.3 Å². The van der Waals surface area contributed by atoms with Crippen LogP contribution in [0.4, 0.5) is 19.1 Å². The lowest BCUT2D eigenvalue weighted by molar-refractivity contribution is 0.430. The minimum absolute atomic E-state index is 0.0154. The average molecular weight is 444 g/mol. The first-order valence-electron chi connectivity index (χ1n) is 9.05. The van der Waals surface area contributed by atoms with Gasteiger partial charge in [0.05, 0.1) is 10.6 Å². The number of rotatable bonds is 5. The van der Waals surface area contributed by atoms with Crippen LogP contribution in [-0.4, -0.2) is 13.6 Å². The third-order valence-corrected chi connectivity index (χ3v) is 5.95. The highest BCUT2D eigenvalue weighted by molar-refractivity contribution is 7.92. The second-order valence-corrected chi connectivity index (χ2v) is 8.45. The predicted octanol–water partition coefficient (Wildman–Crippen LogP) is 5.54. The number of benzene rings is 3. The van der Waals surface area contributed by atoms with Crippen molar-refractivity contribution < 1.29 is 26.1 Å². The molecule has 0 atom stereocenters. The van der Waals surface area contributed by atoms with Crippen LogP contribution in [0.1, 0.15) is 5.69 Å². The zero-order chi connectivity index (χ0) is 22.2. The standard InChI is InChI=1S/C22H15F3N2O3S/c1-13-12-20(30-26-13)27-31(28,29)17-8-6-15(7-9-17)14-2-4-16(5-3-14)18-10-11-19(23)22(25)21(18)24/h2-12,27H,1H3. The van der Waals surface area contributed by atoms with Gasteiger partial charge in [-0.2, -0.15) is 0 Å². The van der Waals surface area contributed by atoms with E-state index in [4.69, 9.17) is 4.52 Å². The summed E-state index contributed by atoms with van der Waals surface area (Å²) in [6, 6.07) is 16.1. The van der Waals surface area contributed by atoms with Crippen LogP contribution in [-0.2, 0) is 10.0 Å². The van der Waals surface area contributed by atoms with Crippen LogP contribution in [0.5, 0.6) is 0 Å². The lowest BCUT2D eigenvalue weighted by Crippen LogP contribution is -2.12. The first-order chi connectivity index (χ1) is 14.7. The number of aromatic nitrogens is 1. The Morgan fingerprint density at radius 2 is 1.39 bits per heavy atom. The van der Waals surface area contributed by atoms with Crippen LogP contribution in [0, 0.1) is 24.4 Å². The fraction of sp³-hybridized carbons (Fsp3) is 0.0455. The Morgan fingerprint density at radius 3 is 1.97 bits per heavy atom. The molecule has 1 heterocycles. The van der Waals surface area contributed by atoms with Gasteiger partial charge < -0.3 is 4.52 Å². The monoisotopic (exact) mass is 444 g/mol. The van der Waals surface area contributed by atoms with Crippen LogP contribution < -0.4 is 4.72 Å². The lowest BCUT2D eigenvalue weighted by Gasteiger charge is -2.08. The van der Waals surface area contributed by atoms with Gasteiger partial charge in [0, 0.05) is 11.6 Å². The van der Waals surface area contributed by atoms with E-state index in [0.29, 0.717) is 16.8 Å². The molecule has 31 heavy (non-hydrogen) atoms. The maximum absolute atomic E-state index is 14.0. The fourth-order valence-electron chi connectivity index (χ4n) is 3.02. The number of aryl methyl sites for hydroxylation is 1. The third kappa shape index (κ3) is 4.17. The Labute approximate surface area is 176 Å². The van der Waals surface area contributed by atoms with Gasteiger partial charge >= 0.3 is 0 Å². The first kappa shape index (κ1) is 20.7. The van der Waals surface area contributed by atoms with E-state index < -0.39 is 27.5 Å². The summed E-state index contributed by atoms with van der Waals surface area (Å²) in [6.07, 6.45) is 0. The molecule has 0 saturated heterocycles. The molecule has 4 rings (SSSR count). The first-order valence-corrected chi connectivity index (χ1v) is 10.5. The summed E-state index contributed by atoms with van der Waals surface area (Å²) in [5.41, 5.74) is 2.31. The van der Waals surface area contributed by atoms with Crippen molar-refractivity contribution in [3.8, 4) is 22.3 Å². The Balaban J connectivity index is 1.56. The van der Waals surface area contributed by atoms with E-state index in [-0.39, 0.29) is 16.3 Å². The van der Waals surface area contributed by atoms with Gasteiger partial charge in [0.2, 0.25) is 5.88 Å². The zero-order valence-corrected chi connectivity index (χ0v) is 16.9. The number of nitrogens with one attached hydrogen (secondary N) is 1. The number of nitrogens with zero attached hydrogens (tertiary/aromatic N) is 1. The summed E-state index contributed by atoms with van der Waals surface area (Å²) in [7, 11) is -3.85. The quantitative estimate of drug-likeness (QED) is 0.411. The maximum Gasteiger partial charge on any atom is 0.264 e. The summed E-state index contributed by atoms with van der Waals surface area (Å²) in [6.45, 7) is 1.67. The van der Waals surface area contributed by atoms with Crippen LogP contribution in [0.25, 0.3) is 22.3 Å². The molecule has 0 radical (unpaired) electrons. The molecule has 158 valence electrons. The summed E-state index contributed by atoms with van der Waals surface area (Å²) >= 11 is 0. The second-order valence-electron chi connectivity index (χ2n) is 6.76. The summed E-state index contributed by atoms with van der Waals surface area (Å²) in [4.78, 5) is 0.0331. The van der Waals surface area contributed by atoms with Gasteiger partial charge in [0.1, 0.15) is 0 Å². The van der Waals surface area contributed by atoms with Crippen LogP contribution in [0.2, 0.25) is 0 Å². The topological polar surface area (TPSA) is 72.2 Å².